The van der Waals surface area contributed by atoms with Crippen molar-refractivity contribution in [1.82, 2.24) is 39.9 Å². The van der Waals surface area contributed by atoms with Crippen LogP contribution >= 0.6 is 0 Å². The SMILES string of the molecule is [Ga].c1ccc2c(c1)-c1nc-2nc2[nH]c(nc3nc(nc4[nH]c(n1)c1ccccc41)-c1ccccc1-3)c1ccccc21. The number of nitrogens with one attached hydrogen (secondary N) is 2. The van der Waals surface area contributed by atoms with Crippen LogP contribution in [-0.2, 0) is 0 Å². The van der Waals surface area contributed by atoms with Gasteiger partial charge < -0.3 is 9.97 Å². The van der Waals surface area contributed by atoms with Crippen molar-refractivity contribution in [3.05, 3.63) is 97.1 Å². The maximum absolute atomic E-state index is 5.02. The average Bonchev–Trinajstić information content (AvgIpc) is 3.73. The van der Waals surface area contributed by atoms with Crippen LogP contribution in [-0.4, -0.2) is 59.7 Å². The third-order valence-electron chi connectivity index (χ3n) is 7.46. The summed E-state index contributed by atoms with van der Waals surface area (Å²) in [5.74, 6) is 2.39. The molecule has 9 rings (SSSR count). The summed E-state index contributed by atoms with van der Waals surface area (Å²) in [4.78, 5) is 36.8. The first-order valence-electron chi connectivity index (χ1n) is 13.0. The Morgan fingerprint density at radius 3 is 0.829 bits per heavy atom. The number of rotatable bonds is 0. The van der Waals surface area contributed by atoms with E-state index in [0.29, 0.717) is 45.9 Å². The van der Waals surface area contributed by atoms with Crippen molar-refractivity contribution in [2.24, 2.45) is 0 Å². The van der Waals surface area contributed by atoms with Crippen molar-refractivity contribution in [3.8, 4) is 45.6 Å². The Morgan fingerprint density at radius 2 is 0.561 bits per heavy atom. The molecule has 5 heterocycles. The van der Waals surface area contributed by atoms with Gasteiger partial charge >= 0.3 is 0 Å². The van der Waals surface area contributed by atoms with E-state index >= 15 is 0 Å². The molecule has 2 N–H and O–H groups in total. The molecule has 0 saturated heterocycles. The zero-order valence-electron chi connectivity index (χ0n) is 21.5. The molecule has 2 aliphatic heterocycles. The van der Waals surface area contributed by atoms with Gasteiger partial charge in [0.15, 0.2) is 23.3 Å². The monoisotopic (exact) mass is 583 g/mol. The van der Waals surface area contributed by atoms with E-state index in [-0.39, 0.29) is 19.8 Å². The smallest absolute Gasteiger partial charge is 0.164 e. The van der Waals surface area contributed by atoms with Crippen LogP contribution in [0.15, 0.2) is 97.1 Å². The molecular formula is C32H18GaN8. The van der Waals surface area contributed by atoms with Gasteiger partial charge in [-0.25, -0.2) is 29.9 Å². The number of hydrogen-bond donors (Lipinski definition) is 2. The van der Waals surface area contributed by atoms with Crippen LogP contribution in [0.2, 0.25) is 0 Å². The van der Waals surface area contributed by atoms with Crippen LogP contribution in [0.4, 0.5) is 0 Å². The summed E-state index contributed by atoms with van der Waals surface area (Å²) in [6.07, 6.45) is 0. The molecule has 0 fully saturated rings. The second-order valence-electron chi connectivity index (χ2n) is 9.79. The van der Waals surface area contributed by atoms with Crippen molar-refractivity contribution in [2.45, 2.75) is 0 Å². The fourth-order valence-corrected chi connectivity index (χ4v) is 5.59. The summed E-state index contributed by atoms with van der Waals surface area (Å²) in [6.45, 7) is 0. The zero-order valence-corrected chi connectivity index (χ0v) is 23.9. The average molecular weight is 584 g/mol. The Labute approximate surface area is 245 Å². The van der Waals surface area contributed by atoms with Crippen LogP contribution < -0.4 is 0 Å². The van der Waals surface area contributed by atoms with Gasteiger partial charge in [0.25, 0.3) is 0 Å². The van der Waals surface area contributed by atoms with Gasteiger partial charge in [-0.15, -0.1) is 0 Å². The van der Waals surface area contributed by atoms with Crippen molar-refractivity contribution in [1.29, 1.82) is 0 Å². The van der Waals surface area contributed by atoms with Gasteiger partial charge in [-0.05, 0) is 0 Å². The number of benzene rings is 4. The number of H-pyrrole nitrogens is 2. The third-order valence-corrected chi connectivity index (χ3v) is 7.46. The minimum Gasteiger partial charge on any atom is -0.324 e. The summed E-state index contributed by atoms with van der Waals surface area (Å²) < 4.78 is 0. The minimum atomic E-state index is 0. The molecule has 2 aliphatic rings. The summed E-state index contributed by atoms with van der Waals surface area (Å²) in [6, 6.07) is 32.2. The van der Waals surface area contributed by atoms with Crippen LogP contribution in [0.1, 0.15) is 0 Å². The molecule has 3 aromatic heterocycles. The number of hydrogen-bond acceptors (Lipinski definition) is 6. The van der Waals surface area contributed by atoms with Crippen molar-refractivity contribution in [2.75, 3.05) is 0 Å². The summed E-state index contributed by atoms with van der Waals surface area (Å²) in [5.41, 5.74) is 6.45. The molecule has 0 spiro atoms. The van der Waals surface area contributed by atoms with Gasteiger partial charge in [-0.1, -0.05) is 97.1 Å². The van der Waals surface area contributed by atoms with Gasteiger partial charge in [0.05, 0.1) is 0 Å². The standard InChI is InChI=1S/C32H18N8.Ga/c1-2-10-18-17(9-1)25-33-26(18)38-28-21-13-5-6-14-22(21)30(35-28)40-32-24-16-8-7-15-23(24)31(36-32)39-29-20-12-4-3-11-19(20)27(34-29)37-25;/h1-16H,(H2,33,34,35,36,37,38,39,40);. The summed E-state index contributed by atoms with van der Waals surface area (Å²) in [5, 5.41) is 3.82. The Hall–Kier alpha value is -5.12. The Morgan fingerprint density at radius 1 is 0.317 bits per heavy atom. The molecule has 9 heteroatoms. The fraction of sp³-hybridized carbons (Fsp3) is 0. The number of fused-ring (bicyclic) bond motifs is 20. The van der Waals surface area contributed by atoms with Crippen LogP contribution in [0.25, 0.3) is 89.7 Å². The number of nitrogens with zero attached hydrogens (tertiary/aromatic N) is 6. The summed E-state index contributed by atoms with van der Waals surface area (Å²) in [7, 11) is 0. The van der Waals surface area contributed by atoms with Crippen molar-refractivity contribution < 1.29 is 0 Å². The molecule has 0 amide bonds. The second-order valence-corrected chi connectivity index (χ2v) is 9.79. The van der Waals surface area contributed by atoms with E-state index in [4.69, 9.17) is 29.9 Å². The molecule has 7 aromatic rings. The van der Waals surface area contributed by atoms with E-state index in [1.807, 2.05) is 97.1 Å². The zero-order chi connectivity index (χ0) is 26.2. The number of aromatic amines is 2. The summed E-state index contributed by atoms with van der Waals surface area (Å²) >= 11 is 0. The van der Waals surface area contributed by atoms with E-state index in [1.54, 1.807) is 0 Å². The molecule has 8 bridgehead atoms. The van der Waals surface area contributed by atoms with E-state index in [2.05, 4.69) is 9.97 Å². The van der Waals surface area contributed by atoms with Crippen molar-refractivity contribution >= 4 is 63.9 Å². The molecule has 8 nitrogen and oxygen atoms in total. The normalized spacial score (nSPS) is 11.7. The van der Waals surface area contributed by atoms with E-state index in [9.17, 15) is 0 Å². The van der Waals surface area contributed by atoms with Gasteiger partial charge in [-0.2, -0.15) is 0 Å². The van der Waals surface area contributed by atoms with Gasteiger partial charge in [0, 0.05) is 63.6 Å². The molecule has 41 heavy (non-hydrogen) atoms. The molecule has 189 valence electrons. The third kappa shape index (κ3) is 3.56. The topological polar surface area (TPSA) is 109 Å². The van der Waals surface area contributed by atoms with E-state index < -0.39 is 0 Å². The fourth-order valence-electron chi connectivity index (χ4n) is 5.59. The Balaban J connectivity index is 0.00000256. The second kappa shape index (κ2) is 8.95. The molecular weight excluding hydrogens is 566 g/mol. The largest absolute Gasteiger partial charge is 0.324 e. The first-order chi connectivity index (χ1) is 19.8. The molecule has 0 aliphatic carbocycles. The minimum absolute atomic E-state index is 0. The number of aromatic nitrogens is 8. The molecule has 0 unspecified atom stereocenters. The van der Waals surface area contributed by atoms with Gasteiger partial charge in [-0.3, -0.25) is 0 Å². The maximum atomic E-state index is 5.02. The van der Waals surface area contributed by atoms with Gasteiger partial charge in [0.1, 0.15) is 22.6 Å². The Bertz CT molecular complexity index is 2030. The molecule has 0 atom stereocenters. The molecule has 4 aromatic carbocycles. The maximum Gasteiger partial charge on any atom is 0.164 e. The predicted octanol–water partition coefficient (Wildman–Crippen LogP) is 6.49. The predicted molar refractivity (Wildman–Crippen MR) is 162 cm³/mol. The van der Waals surface area contributed by atoms with Crippen LogP contribution in [0.3, 0.4) is 0 Å². The van der Waals surface area contributed by atoms with Crippen molar-refractivity contribution in [3.63, 3.8) is 0 Å². The first-order valence-corrected chi connectivity index (χ1v) is 13.0. The van der Waals surface area contributed by atoms with Gasteiger partial charge in [0.2, 0.25) is 0 Å². The molecule has 3 radical (unpaired) electrons. The van der Waals surface area contributed by atoms with Crippen LogP contribution in [0.5, 0.6) is 0 Å². The van der Waals surface area contributed by atoms with E-state index in [1.165, 1.54) is 0 Å². The van der Waals surface area contributed by atoms with E-state index in [0.717, 1.165) is 43.8 Å². The van der Waals surface area contributed by atoms with Crippen LogP contribution in [0, 0.1) is 0 Å². The quantitative estimate of drug-likeness (QED) is 0.197. The Kier molecular flexibility index (Phi) is 5.18. The molecule has 0 saturated carbocycles. The first kappa shape index (κ1) is 23.7.